The molecule has 0 bridgehead atoms. The summed E-state index contributed by atoms with van der Waals surface area (Å²) in [6.07, 6.45) is 1.17. The van der Waals surface area contributed by atoms with Crippen LogP contribution in [0.5, 0.6) is 0 Å². The topological polar surface area (TPSA) is 63.7 Å². The lowest BCUT2D eigenvalue weighted by Crippen LogP contribution is -2.42. The molecule has 0 aromatic heterocycles. The van der Waals surface area contributed by atoms with Gasteiger partial charge in [-0.25, -0.2) is 4.79 Å². The summed E-state index contributed by atoms with van der Waals surface area (Å²) in [7, 11) is 1.25. The Morgan fingerprint density at radius 3 is 2.19 bits per heavy atom. The fourth-order valence-corrected chi connectivity index (χ4v) is 2.49. The van der Waals surface area contributed by atoms with Crippen molar-refractivity contribution in [1.29, 1.82) is 0 Å². The van der Waals surface area contributed by atoms with Crippen molar-refractivity contribution in [3.63, 3.8) is 0 Å². The average molecular weight is 287 g/mol. The van der Waals surface area contributed by atoms with E-state index >= 15 is 0 Å². The Hall–Kier alpha value is -2.43. The van der Waals surface area contributed by atoms with Crippen molar-refractivity contribution in [3.8, 4) is 0 Å². The van der Waals surface area contributed by atoms with Crippen LogP contribution in [0.4, 0.5) is 0 Å². The van der Waals surface area contributed by atoms with Gasteiger partial charge in [0.15, 0.2) is 0 Å². The normalized spacial score (nSPS) is 14.9. The van der Waals surface area contributed by atoms with Gasteiger partial charge in [-0.3, -0.25) is 14.5 Å². The molecule has 1 aromatic rings. The van der Waals surface area contributed by atoms with Crippen LogP contribution in [0.3, 0.4) is 0 Å². The number of imide groups is 1. The molecule has 2 amide bonds. The highest BCUT2D eigenvalue weighted by Gasteiger charge is 2.41. The van der Waals surface area contributed by atoms with Gasteiger partial charge >= 0.3 is 5.97 Å². The van der Waals surface area contributed by atoms with Crippen LogP contribution in [0.1, 0.15) is 40.5 Å². The Balaban J connectivity index is 2.39. The summed E-state index contributed by atoms with van der Waals surface area (Å²) < 4.78 is 4.66. The first kappa shape index (κ1) is 15.0. The standard InChI is InChI=1S/C16H17NO4/c1-4-7-13(10(2)16(20)21-3)17-14(18)11-8-5-6-9-12(11)15(17)19/h5-6,8-9,13H,2,4,7H2,1,3H3. The number of amides is 2. The number of esters is 1. The summed E-state index contributed by atoms with van der Waals surface area (Å²) in [6.45, 7) is 5.61. The van der Waals surface area contributed by atoms with Gasteiger partial charge < -0.3 is 4.74 Å². The van der Waals surface area contributed by atoms with Gasteiger partial charge in [-0.05, 0) is 18.6 Å². The molecule has 0 spiro atoms. The molecule has 0 radical (unpaired) electrons. The van der Waals surface area contributed by atoms with E-state index < -0.39 is 12.0 Å². The molecule has 0 N–H and O–H groups in total. The molecule has 5 heteroatoms. The molecule has 0 saturated carbocycles. The van der Waals surface area contributed by atoms with Crippen molar-refractivity contribution < 1.29 is 19.1 Å². The van der Waals surface area contributed by atoms with Crippen LogP contribution in [0.2, 0.25) is 0 Å². The predicted octanol–water partition coefficient (Wildman–Crippen LogP) is 2.18. The fraction of sp³-hybridized carbons (Fsp3) is 0.312. The van der Waals surface area contributed by atoms with E-state index in [0.717, 1.165) is 4.90 Å². The van der Waals surface area contributed by atoms with Gasteiger partial charge in [0.2, 0.25) is 0 Å². The summed E-state index contributed by atoms with van der Waals surface area (Å²) in [5.74, 6) is -1.39. The van der Waals surface area contributed by atoms with E-state index in [4.69, 9.17) is 0 Å². The van der Waals surface area contributed by atoms with Gasteiger partial charge in [-0.1, -0.05) is 32.1 Å². The zero-order valence-electron chi connectivity index (χ0n) is 12.1. The molecule has 110 valence electrons. The Morgan fingerprint density at radius 1 is 1.24 bits per heavy atom. The zero-order valence-corrected chi connectivity index (χ0v) is 12.1. The average Bonchev–Trinajstić information content (AvgIpc) is 2.76. The summed E-state index contributed by atoms with van der Waals surface area (Å²) in [4.78, 5) is 37.7. The number of hydrogen-bond donors (Lipinski definition) is 0. The SMILES string of the molecule is C=C(C(=O)OC)C(CCC)N1C(=O)c2ccccc2C1=O. The molecule has 5 nitrogen and oxygen atoms in total. The molecular weight excluding hydrogens is 270 g/mol. The number of benzene rings is 1. The molecule has 1 aliphatic heterocycles. The number of carbonyl (C=O) groups excluding carboxylic acids is 3. The highest BCUT2D eigenvalue weighted by molar-refractivity contribution is 6.22. The number of methoxy groups -OCH3 is 1. The number of nitrogens with zero attached hydrogens (tertiary/aromatic N) is 1. The first-order chi connectivity index (χ1) is 10.0. The first-order valence-electron chi connectivity index (χ1n) is 6.77. The molecule has 1 aromatic carbocycles. The minimum atomic E-state index is -0.671. The fourth-order valence-electron chi connectivity index (χ4n) is 2.49. The summed E-state index contributed by atoms with van der Waals surface area (Å²) in [5, 5.41) is 0. The molecule has 1 heterocycles. The maximum Gasteiger partial charge on any atom is 0.335 e. The van der Waals surface area contributed by atoms with Crippen molar-refractivity contribution in [2.75, 3.05) is 7.11 Å². The van der Waals surface area contributed by atoms with E-state index in [1.807, 2.05) is 6.92 Å². The smallest absolute Gasteiger partial charge is 0.335 e. The van der Waals surface area contributed by atoms with Crippen molar-refractivity contribution >= 4 is 17.8 Å². The number of fused-ring (bicyclic) bond motifs is 1. The van der Waals surface area contributed by atoms with Crippen molar-refractivity contribution in [2.24, 2.45) is 0 Å². The molecule has 21 heavy (non-hydrogen) atoms. The minimum absolute atomic E-state index is 0.119. The van der Waals surface area contributed by atoms with E-state index in [-0.39, 0.29) is 17.4 Å². The molecular formula is C16H17NO4. The molecule has 0 aliphatic carbocycles. The Kier molecular flexibility index (Phi) is 4.21. The summed E-state index contributed by atoms with van der Waals surface area (Å²) in [6, 6.07) is 5.96. The van der Waals surface area contributed by atoms with Gasteiger partial charge in [0.05, 0.1) is 29.9 Å². The quantitative estimate of drug-likeness (QED) is 0.473. The third-order valence-electron chi connectivity index (χ3n) is 3.55. The van der Waals surface area contributed by atoms with E-state index in [0.29, 0.717) is 24.0 Å². The van der Waals surface area contributed by atoms with Crippen molar-refractivity contribution in [1.82, 2.24) is 4.90 Å². The highest BCUT2D eigenvalue weighted by atomic mass is 16.5. The van der Waals surface area contributed by atoms with Crippen LogP contribution in [0.25, 0.3) is 0 Å². The predicted molar refractivity (Wildman–Crippen MR) is 76.8 cm³/mol. The van der Waals surface area contributed by atoms with E-state index in [2.05, 4.69) is 11.3 Å². The lowest BCUT2D eigenvalue weighted by molar-refractivity contribution is -0.136. The first-order valence-corrected chi connectivity index (χ1v) is 6.77. The lowest BCUT2D eigenvalue weighted by atomic mass is 10.0. The Labute approximate surface area is 123 Å². The molecule has 1 atom stereocenters. The Bertz CT molecular complexity index is 585. The van der Waals surface area contributed by atoms with Crippen LogP contribution < -0.4 is 0 Å². The Morgan fingerprint density at radius 2 is 1.76 bits per heavy atom. The van der Waals surface area contributed by atoms with Crippen LogP contribution in [0, 0.1) is 0 Å². The molecule has 0 saturated heterocycles. The molecule has 2 rings (SSSR count). The van der Waals surface area contributed by atoms with E-state index in [1.54, 1.807) is 24.3 Å². The second-order valence-corrected chi connectivity index (χ2v) is 4.85. The van der Waals surface area contributed by atoms with Crippen molar-refractivity contribution in [2.45, 2.75) is 25.8 Å². The van der Waals surface area contributed by atoms with E-state index in [1.165, 1.54) is 7.11 Å². The second kappa shape index (κ2) is 5.91. The minimum Gasteiger partial charge on any atom is -0.466 e. The number of carbonyl (C=O) groups is 3. The van der Waals surface area contributed by atoms with Crippen molar-refractivity contribution in [3.05, 3.63) is 47.5 Å². The monoisotopic (exact) mass is 287 g/mol. The van der Waals surface area contributed by atoms with Gasteiger partial charge in [-0.2, -0.15) is 0 Å². The second-order valence-electron chi connectivity index (χ2n) is 4.85. The van der Waals surface area contributed by atoms with Gasteiger partial charge in [-0.15, -0.1) is 0 Å². The van der Waals surface area contributed by atoms with Crippen LogP contribution in [0.15, 0.2) is 36.4 Å². The molecule has 0 fully saturated rings. The maximum absolute atomic E-state index is 12.5. The van der Waals surface area contributed by atoms with Gasteiger partial charge in [0, 0.05) is 0 Å². The van der Waals surface area contributed by atoms with Gasteiger partial charge in [0.1, 0.15) is 0 Å². The zero-order chi connectivity index (χ0) is 15.6. The lowest BCUT2D eigenvalue weighted by Gasteiger charge is -2.26. The number of hydrogen-bond acceptors (Lipinski definition) is 4. The number of ether oxygens (including phenoxy) is 1. The third kappa shape index (κ3) is 2.46. The van der Waals surface area contributed by atoms with Gasteiger partial charge in [0.25, 0.3) is 11.8 Å². The summed E-state index contributed by atoms with van der Waals surface area (Å²) >= 11 is 0. The molecule has 1 unspecified atom stereocenters. The maximum atomic E-state index is 12.5. The number of rotatable bonds is 5. The van der Waals surface area contributed by atoms with Crippen LogP contribution >= 0.6 is 0 Å². The largest absolute Gasteiger partial charge is 0.466 e. The third-order valence-corrected chi connectivity index (χ3v) is 3.55. The van der Waals surface area contributed by atoms with E-state index in [9.17, 15) is 14.4 Å². The molecule has 1 aliphatic rings. The van der Waals surface area contributed by atoms with Crippen LogP contribution in [-0.2, 0) is 9.53 Å². The summed E-state index contributed by atoms with van der Waals surface area (Å²) in [5.41, 5.74) is 0.844. The van der Waals surface area contributed by atoms with Crippen LogP contribution in [-0.4, -0.2) is 35.8 Å². The highest BCUT2D eigenvalue weighted by Crippen LogP contribution is 2.28.